The van der Waals surface area contributed by atoms with Crippen molar-refractivity contribution in [3.63, 3.8) is 0 Å². The zero-order valence-corrected chi connectivity index (χ0v) is 9.78. The maximum Gasteiger partial charge on any atom is 0.0699 e. The van der Waals surface area contributed by atoms with E-state index in [0.29, 0.717) is 0 Å². The van der Waals surface area contributed by atoms with E-state index in [1.807, 2.05) is 11.8 Å². The molecule has 1 aliphatic carbocycles. The second-order valence-electron chi connectivity index (χ2n) is 4.83. The van der Waals surface area contributed by atoms with Crippen LogP contribution in [0.5, 0.6) is 0 Å². The van der Waals surface area contributed by atoms with E-state index >= 15 is 0 Å². The third-order valence-corrected chi connectivity index (χ3v) is 5.09. The van der Waals surface area contributed by atoms with Crippen LogP contribution in [0.15, 0.2) is 11.0 Å². The van der Waals surface area contributed by atoms with Crippen LogP contribution in [0.25, 0.3) is 0 Å². The van der Waals surface area contributed by atoms with E-state index in [1.165, 1.54) is 24.2 Å². The maximum atomic E-state index is 9.30. The summed E-state index contributed by atoms with van der Waals surface area (Å²) in [5.74, 6) is 1.22. The molecule has 0 saturated heterocycles. The molecule has 14 heavy (non-hydrogen) atoms. The number of rotatable bonds is 0. The van der Waals surface area contributed by atoms with Gasteiger partial charge in [0.15, 0.2) is 0 Å². The lowest BCUT2D eigenvalue weighted by atomic mass is 9.86. The minimum absolute atomic E-state index is 0.0154. The summed E-state index contributed by atoms with van der Waals surface area (Å²) >= 11 is 1.92. The van der Waals surface area contributed by atoms with Crippen LogP contribution in [0.3, 0.4) is 0 Å². The first-order valence-electron chi connectivity index (χ1n) is 5.35. The van der Waals surface area contributed by atoms with Crippen LogP contribution in [-0.2, 0) is 0 Å². The molecule has 1 aliphatic heterocycles. The van der Waals surface area contributed by atoms with Gasteiger partial charge in [0.2, 0.25) is 0 Å². The molecule has 0 aromatic heterocycles. The lowest BCUT2D eigenvalue weighted by Crippen LogP contribution is -2.10. The van der Waals surface area contributed by atoms with Crippen molar-refractivity contribution in [1.82, 2.24) is 0 Å². The summed E-state index contributed by atoms with van der Waals surface area (Å²) in [5.41, 5.74) is 1.60. The van der Waals surface area contributed by atoms with Gasteiger partial charge in [-0.3, -0.25) is 0 Å². The van der Waals surface area contributed by atoms with Crippen LogP contribution in [0.1, 0.15) is 39.5 Å². The fourth-order valence-electron chi connectivity index (χ4n) is 2.59. The van der Waals surface area contributed by atoms with Crippen molar-refractivity contribution in [3.8, 4) is 6.07 Å². The highest BCUT2D eigenvalue weighted by molar-refractivity contribution is 8.02. The molecule has 2 unspecified atom stereocenters. The van der Waals surface area contributed by atoms with Crippen LogP contribution in [0.4, 0.5) is 0 Å². The minimum Gasteiger partial charge on any atom is -0.198 e. The van der Waals surface area contributed by atoms with Crippen molar-refractivity contribution in [2.45, 2.75) is 39.5 Å². The molecule has 0 N–H and O–H groups in total. The highest BCUT2D eigenvalue weighted by Crippen LogP contribution is 2.70. The Balaban J connectivity index is 2.27. The molecule has 1 heterocycles. The van der Waals surface area contributed by atoms with Crippen LogP contribution in [0, 0.1) is 22.2 Å². The normalized spacial score (nSPS) is 45.9. The summed E-state index contributed by atoms with van der Waals surface area (Å²) < 4.78 is 0. The number of thioether (sulfide) groups is 1. The van der Waals surface area contributed by atoms with Gasteiger partial charge >= 0.3 is 0 Å². The average molecular weight is 207 g/mol. The molecule has 0 radical (unpaired) electrons. The van der Waals surface area contributed by atoms with Crippen LogP contribution in [0.2, 0.25) is 0 Å². The number of allylic oxidation sites excluding steroid dienone is 1. The number of hydrogen-bond acceptors (Lipinski definition) is 2. The second-order valence-corrected chi connectivity index (χ2v) is 5.81. The Morgan fingerprint density at radius 1 is 1.50 bits per heavy atom. The fraction of sp³-hybridized carbons (Fsp3) is 0.750. The lowest BCUT2D eigenvalue weighted by molar-refractivity contribution is 0.451. The van der Waals surface area contributed by atoms with Crippen molar-refractivity contribution in [1.29, 1.82) is 5.26 Å². The largest absolute Gasteiger partial charge is 0.198 e. The molecule has 0 amide bonds. The topological polar surface area (TPSA) is 23.8 Å². The molecular formula is C12H17NS. The van der Waals surface area contributed by atoms with Gasteiger partial charge in [-0.25, -0.2) is 0 Å². The number of nitrogens with zero attached hydrogens (tertiary/aromatic N) is 1. The second kappa shape index (κ2) is 3.31. The van der Waals surface area contributed by atoms with Gasteiger partial charge in [0.25, 0.3) is 0 Å². The predicted molar refractivity (Wildman–Crippen MR) is 60.8 cm³/mol. The van der Waals surface area contributed by atoms with E-state index in [-0.39, 0.29) is 10.8 Å². The highest BCUT2D eigenvalue weighted by Gasteiger charge is 2.65. The summed E-state index contributed by atoms with van der Waals surface area (Å²) in [6.45, 7) is 4.45. The van der Waals surface area contributed by atoms with Crippen LogP contribution < -0.4 is 0 Å². The van der Waals surface area contributed by atoms with E-state index in [9.17, 15) is 5.26 Å². The summed E-state index contributed by atoms with van der Waals surface area (Å²) in [5, 5.41) is 11.6. The molecule has 0 aromatic rings. The summed E-state index contributed by atoms with van der Waals surface area (Å²) in [6.07, 6.45) is 4.66. The van der Waals surface area contributed by atoms with E-state index in [0.717, 1.165) is 12.8 Å². The smallest absolute Gasteiger partial charge is 0.0699 e. The van der Waals surface area contributed by atoms with Gasteiger partial charge in [-0.1, -0.05) is 18.9 Å². The van der Waals surface area contributed by atoms with E-state index in [2.05, 4.69) is 25.3 Å². The molecule has 2 atom stereocenters. The molecule has 1 fully saturated rings. The molecule has 1 nitrogen and oxygen atoms in total. The van der Waals surface area contributed by atoms with Gasteiger partial charge in [0, 0.05) is 5.41 Å². The van der Waals surface area contributed by atoms with E-state index in [1.54, 1.807) is 0 Å². The van der Waals surface area contributed by atoms with Crippen molar-refractivity contribution in [2.24, 2.45) is 10.8 Å². The first-order chi connectivity index (χ1) is 6.65. The highest BCUT2D eigenvalue weighted by atomic mass is 32.2. The Morgan fingerprint density at radius 3 is 3.00 bits per heavy atom. The fourth-order valence-corrected chi connectivity index (χ4v) is 3.58. The number of nitriles is 1. The molecule has 76 valence electrons. The predicted octanol–water partition coefficient (Wildman–Crippen LogP) is 3.73. The summed E-state index contributed by atoms with van der Waals surface area (Å²) in [4.78, 5) is 0. The van der Waals surface area contributed by atoms with E-state index < -0.39 is 0 Å². The maximum absolute atomic E-state index is 9.30. The Hall–Kier alpha value is -0.420. The van der Waals surface area contributed by atoms with Crippen molar-refractivity contribution in [3.05, 3.63) is 11.0 Å². The lowest BCUT2D eigenvalue weighted by Gasteiger charge is -2.16. The van der Waals surface area contributed by atoms with Crippen LogP contribution in [-0.4, -0.2) is 5.75 Å². The third kappa shape index (κ3) is 1.30. The van der Waals surface area contributed by atoms with Gasteiger partial charge < -0.3 is 0 Å². The molecule has 0 aromatic carbocycles. The molecule has 2 heteroatoms. The Labute approximate surface area is 90.6 Å². The molecule has 2 rings (SSSR count). The van der Waals surface area contributed by atoms with Gasteiger partial charge in [-0.05, 0) is 37.3 Å². The monoisotopic (exact) mass is 207 g/mol. The van der Waals surface area contributed by atoms with Crippen molar-refractivity contribution in [2.75, 3.05) is 5.75 Å². The van der Waals surface area contributed by atoms with Gasteiger partial charge in [0.05, 0.1) is 11.5 Å². The molecular weight excluding hydrogens is 190 g/mol. The summed E-state index contributed by atoms with van der Waals surface area (Å²) in [6, 6.07) is 2.57. The molecule has 0 spiro atoms. The number of fused-ring (bicyclic) bond motifs is 1. The number of hydrogen-bond donors (Lipinski definition) is 0. The summed E-state index contributed by atoms with van der Waals surface area (Å²) in [7, 11) is 0. The van der Waals surface area contributed by atoms with Gasteiger partial charge in [0.1, 0.15) is 0 Å². The average Bonchev–Trinajstić information content (AvgIpc) is 2.78. The zero-order valence-electron chi connectivity index (χ0n) is 8.97. The van der Waals surface area contributed by atoms with Gasteiger partial charge in [-0.15, -0.1) is 11.8 Å². The van der Waals surface area contributed by atoms with Crippen molar-refractivity contribution >= 4 is 11.8 Å². The SMILES string of the molecule is C/C1=C/SCCCCC2(C#N)CC12C. The standard InChI is InChI=1S/C12H17NS/c1-10-7-14-6-4-3-5-12(9-13)8-11(10,12)2/h7H,3-6,8H2,1-2H3/b10-7-. The molecule has 0 bridgehead atoms. The third-order valence-electron chi connectivity index (χ3n) is 4.05. The Morgan fingerprint density at radius 2 is 2.29 bits per heavy atom. The zero-order chi connectivity index (χ0) is 10.2. The first-order valence-corrected chi connectivity index (χ1v) is 6.40. The molecule has 1 saturated carbocycles. The van der Waals surface area contributed by atoms with Crippen molar-refractivity contribution < 1.29 is 0 Å². The Kier molecular flexibility index (Phi) is 2.39. The van der Waals surface area contributed by atoms with E-state index in [4.69, 9.17) is 0 Å². The Bertz CT molecular complexity index is 315. The van der Waals surface area contributed by atoms with Gasteiger partial charge in [-0.2, -0.15) is 5.26 Å². The van der Waals surface area contributed by atoms with Crippen LogP contribution >= 0.6 is 11.8 Å². The quantitative estimate of drug-likeness (QED) is 0.604. The molecule has 2 aliphatic rings. The first kappa shape index (κ1) is 10.1. The minimum atomic E-state index is -0.0154.